The number of nitriles is 1. The van der Waals surface area contributed by atoms with Crippen molar-refractivity contribution in [2.75, 3.05) is 19.0 Å². The van der Waals surface area contributed by atoms with E-state index in [4.69, 9.17) is 9.92 Å². The largest absolute Gasteiger partial charge is 0.493 e. The second-order valence-corrected chi connectivity index (χ2v) is 6.19. The lowest BCUT2D eigenvalue weighted by Crippen LogP contribution is -2.53. The van der Waals surface area contributed by atoms with Crippen molar-refractivity contribution >= 4 is 18.4 Å². The zero-order valence-electron chi connectivity index (χ0n) is 13.4. The van der Waals surface area contributed by atoms with Gasteiger partial charge in [0, 0.05) is 25.8 Å². The van der Waals surface area contributed by atoms with E-state index < -0.39 is 18.3 Å². The van der Waals surface area contributed by atoms with Crippen LogP contribution in [0.15, 0.2) is 12.3 Å². The summed E-state index contributed by atoms with van der Waals surface area (Å²) in [5.41, 5.74) is -1.39. The fourth-order valence-electron chi connectivity index (χ4n) is 1.54. The fourth-order valence-corrected chi connectivity index (χ4v) is 1.54. The first kappa shape index (κ1) is 17.4. The smallest absolute Gasteiger partial charge is 0.423 e. The van der Waals surface area contributed by atoms with Gasteiger partial charge in [0.15, 0.2) is 0 Å². The van der Waals surface area contributed by atoms with Gasteiger partial charge in [-0.1, -0.05) is 0 Å². The van der Waals surface area contributed by atoms with Crippen molar-refractivity contribution in [3.63, 3.8) is 0 Å². The van der Waals surface area contributed by atoms with Crippen LogP contribution in [0.2, 0.25) is 0 Å². The summed E-state index contributed by atoms with van der Waals surface area (Å²) in [5.74, 6) is 0.523. The molecule has 0 unspecified atom stereocenters. The van der Waals surface area contributed by atoms with Gasteiger partial charge < -0.3 is 19.7 Å². The standard InChI is InChI=1S/C14H22BN3O3/c1-13(2,19)14(3,4)21-15(20)11-7-10(8-16)12(17-9-11)18(5)6/h7,9,19-20H,1-6H3. The quantitative estimate of drug-likeness (QED) is 0.757. The molecule has 0 fully saturated rings. The molecule has 2 N–H and O–H groups in total. The van der Waals surface area contributed by atoms with Crippen molar-refractivity contribution in [2.24, 2.45) is 0 Å². The van der Waals surface area contributed by atoms with E-state index in [9.17, 15) is 10.1 Å². The van der Waals surface area contributed by atoms with E-state index in [1.807, 2.05) is 6.07 Å². The number of pyridine rings is 1. The first-order valence-electron chi connectivity index (χ1n) is 6.65. The molecule has 0 spiro atoms. The summed E-state index contributed by atoms with van der Waals surface area (Å²) in [6.45, 7) is 6.58. The third kappa shape index (κ3) is 3.94. The first-order valence-corrected chi connectivity index (χ1v) is 6.65. The van der Waals surface area contributed by atoms with Gasteiger partial charge in [-0.3, -0.25) is 0 Å². The lowest BCUT2D eigenvalue weighted by Gasteiger charge is -2.38. The molecule has 0 aliphatic heterocycles. The number of hydrogen-bond donors (Lipinski definition) is 2. The van der Waals surface area contributed by atoms with E-state index in [0.717, 1.165) is 0 Å². The SMILES string of the molecule is CN(C)c1ncc(B(O)OC(C)(C)C(C)(C)O)cc1C#N. The summed E-state index contributed by atoms with van der Waals surface area (Å²) >= 11 is 0. The molecular weight excluding hydrogens is 269 g/mol. The first-order chi connectivity index (χ1) is 9.49. The zero-order valence-corrected chi connectivity index (χ0v) is 13.4. The average Bonchev–Trinajstić information content (AvgIpc) is 2.35. The normalized spacial score (nSPS) is 12.0. The van der Waals surface area contributed by atoms with Crippen molar-refractivity contribution in [1.29, 1.82) is 5.26 Å². The Labute approximate surface area is 126 Å². The Morgan fingerprint density at radius 3 is 2.33 bits per heavy atom. The van der Waals surface area contributed by atoms with Crippen molar-refractivity contribution in [1.82, 2.24) is 4.98 Å². The van der Waals surface area contributed by atoms with Gasteiger partial charge in [-0.05, 0) is 33.8 Å². The molecule has 1 aromatic rings. The number of anilines is 1. The maximum Gasteiger partial charge on any atom is 0.493 e. The Morgan fingerprint density at radius 2 is 1.90 bits per heavy atom. The molecule has 0 bridgehead atoms. The van der Waals surface area contributed by atoms with Crippen LogP contribution in [0.5, 0.6) is 0 Å². The molecular formula is C14H22BN3O3. The summed E-state index contributed by atoms with van der Waals surface area (Å²) in [6, 6.07) is 3.58. The van der Waals surface area contributed by atoms with Crippen molar-refractivity contribution in [2.45, 2.75) is 38.9 Å². The Balaban J connectivity index is 3.05. The summed E-state index contributed by atoms with van der Waals surface area (Å²) < 4.78 is 5.53. The van der Waals surface area contributed by atoms with Gasteiger partial charge in [0.1, 0.15) is 11.9 Å². The number of hydrogen-bond acceptors (Lipinski definition) is 6. The number of aromatic nitrogens is 1. The molecule has 0 radical (unpaired) electrons. The molecule has 114 valence electrons. The summed E-state index contributed by atoms with van der Waals surface area (Å²) in [7, 11) is 2.29. The lowest BCUT2D eigenvalue weighted by atomic mass is 9.77. The topological polar surface area (TPSA) is 89.6 Å². The number of aliphatic hydroxyl groups is 1. The zero-order chi connectivity index (χ0) is 16.4. The Kier molecular flexibility index (Phi) is 5.00. The van der Waals surface area contributed by atoms with E-state index in [-0.39, 0.29) is 0 Å². The summed E-state index contributed by atoms with van der Waals surface area (Å²) in [5, 5.41) is 29.4. The van der Waals surface area contributed by atoms with Crippen LogP contribution in [0.3, 0.4) is 0 Å². The van der Waals surface area contributed by atoms with Crippen LogP contribution < -0.4 is 10.4 Å². The molecule has 6 nitrogen and oxygen atoms in total. The number of rotatable bonds is 5. The maximum absolute atomic E-state index is 10.2. The molecule has 0 atom stereocenters. The predicted molar refractivity (Wildman–Crippen MR) is 82.3 cm³/mol. The molecule has 7 heteroatoms. The van der Waals surface area contributed by atoms with E-state index >= 15 is 0 Å². The fraction of sp³-hybridized carbons (Fsp3) is 0.571. The van der Waals surface area contributed by atoms with E-state index in [2.05, 4.69) is 4.98 Å². The maximum atomic E-state index is 10.2. The highest BCUT2D eigenvalue weighted by Gasteiger charge is 2.39. The second-order valence-electron chi connectivity index (χ2n) is 6.19. The van der Waals surface area contributed by atoms with Gasteiger partial charge in [0.25, 0.3) is 0 Å². The molecule has 0 aliphatic rings. The van der Waals surface area contributed by atoms with Crippen LogP contribution in [-0.4, -0.2) is 47.5 Å². The third-order valence-corrected chi connectivity index (χ3v) is 3.60. The Morgan fingerprint density at radius 1 is 1.33 bits per heavy atom. The van der Waals surface area contributed by atoms with E-state index in [0.29, 0.717) is 16.8 Å². The highest BCUT2D eigenvalue weighted by atomic mass is 16.5. The van der Waals surface area contributed by atoms with Gasteiger partial charge in [0.2, 0.25) is 0 Å². The Hall–Kier alpha value is -1.62. The van der Waals surface area contributed by atoms with Gasteiger partial charge in [-0.15, -0.1) is 0 Å². The van der Waals surface area contributed by atoms with Crippen LogP contribution >= 0.6 is 0 Å². The summed E-state index contributed by atoms with van der Waals surface area (Å²) in [6.07, 6.45) is 1.46. The second kappa shape index (κ2) is 6.02. The average molecular weight is 291 g/mol. The molecule has 1 heterocycles. The third-order valence-electron chi connectivity index (χ3n) is 3.60. The minimum Gasteiger partial charge on any atom is -0.423 e. The van der Waals surface area contributed by atoms with Gasteiger partial charge in [0.05, 0.1) is 16.8 Å². The molecule has 0 aromatic carbocycles. The van der Waals surface area contributed by atoms with Crippen LogP contribution in [0.25, 0.3) is 0 Å². The monoisotopic (exact) mass is 291 g/mol. The lowest BCUT2D eigenvalue weighted by molar-refractivity contribution is -0.0982. The van der Waals surface area contributed by atoms with Crippen LogP contribution in [0, 0.1) is 11.3 Å². The molecule has 0 aliphatic carbocycles. The van der Waals surface area contributed by atoms with Crippen molar-refractivity contribution < 1.29 is 14.8 Å². The van der Waals surface area contributed by atoms with Gasteiger partial charge in [-0.25, -0.2) is 4.98 Å². The predicted octanol–water partition coefficient (Wildman–Crippen LogP) is 0.273. The molecule has 21 heavy (non-hydrogen) atoms. The minimum atomic E-state index is -1.28. The highest BCUT2D eigenvalue weighted by molar-refractivity contribution is 6.60. The molecule has 1 aromatic heterocycles. The molecule has 0 saturated heterocycles. The van der Waals surface area contributed by atoms with E-state index in [1.54, 1.807) is 46.7 Å². The van der Waals surface area contributed by atoms with Gasteiger partial charge >= 0.3 is 7.12 Å². The molecule has 0 amide bonds. The van der Waals surface area contributed by atoms with Gasteiger partial charge in [-0.2, -0.15) is 5.26 Å². The highest BCUT2D eigenvalue weighted by Crippen LogP contribution is 2.25. The Bertz CT molecular complexity index is 547. The van der Waals surface area contributed by atoms with Crippen LogP contribution in [-0.2, 0) is 4.65 Å². The van der Waals surface area contributed by atoms with Crippen molar-refractivity contribution in [3.05, 3.63) is 17.8 Å². The number of nitrogens with zero attached hydrogens (tertiary/aromatic N) is 3. The minimum absolute atomic E-state index is 0.348. The molecule has 0 saturated carbocycles. The van der Waals surface area contributed by atoms with Crippen LogP contribution in [0.1, 0.15) is 33.3 Å². The van der Waals surface area contributed by atoms with Crippen molar-refractivity contribution in [3.8, 4) is 6.07 Å². The summed E-state index contributed by atoms with van der Waals surface area (Å²) in [4.78, 5) is 5.88. The molecule has 1 rings (SSSR count). The van der Waals surface area contributed by atoms with E-state index in [1.165, 1.54) is 12.3 Å². The van der Waals surface area contributed by atoms with Crippen LogP contribution in [0.4, 0.5) is 5.82 Å².